The van der Waals surface area contributed by atoms with Crippen LogP contribution in [0.25, 0.3) is 0 Å². The fourth-order valence-corrected chi connectivity index (χ4v) is 11.0. The molecule has 4 saturated carbocycles. The zero-order valence-corrected chi connectivity index (χ0v) is 27.0. The number of likely N-dealkylation sites (tertiary alicyclic amines) is 1. The minimum atomic E-state index is 0.611. The van der Waals surface area contributed by atoms with Gasteiger partial charge in [-0.25, -0.2) is 0 Å². The number of fused-ring (bicyclic) bond motifs is 5. The normalized spacial score (nSPS) is 43.1. The van der Waals surface area contributed by atoms with Crippen molar-refractivity contribution >= 4 is 0 Å². The molecule has 0 spiro atoms. The molecule has 4 aliphatic carbocycles. The largest absolute Gasteiger partial charge is 0.300 e. The Bertz CT molecular complexity index is 650. The topological polar surface area (TPSA) is 6.48 Å². The van der Waals surface area contributed by atoms with Crippen molar-refractivity contribution in [2.24, 2.45) is 40.4 Å². The molecule has 0 bridgehead atoms. The van der Waals surface area contributed by atoms with E-state index in [1.165, 1.54) is 90.4 Å². The van der Waals surface area contributed by atoms with Gasteiger partial charge in [-0.1, -0.05) is 68.7 Å². The van der Waals surface area contributed by atoms with Crippen LogP contribution in [0.3, 0.4) is 0 Å². The van der Waals surface area contributed by atoms with Gasteiger partial charge in [0.25, 0.3) is 0 Å². The second kappa shape index (κ2) is 14.0. The molecule has 0 aromatic heterocycles. The Morgan fingerprint density at radius 3 is 1.97 bits per heavy atom. The summed E-state index contributed by atoms with van der Waals surface area (Å²) in [6.07, 6.45) is 19.2. The average molecular weight is 517 g/mol. The van der Waals surface area contributed by atoms with Crippen LogP contribution in [0.5, 0.6) is 0 Å². The van der Waals surface area contributed by atoms with Crippen LogP contribution in [0.4, 0.5) is 0 Å². The van der Waals surface area contributed by atoms with E-state index in [-0.39, 0.29) is 0 Å². The Balaban J connectivity index is 0.000000907. The Morgan fingerprint density at radius 1 is 0.757 bits per heavy atom. The van der Waals surface area contributed by atoms with Crippen molar-refractivity contribution in [1.29, 1.82) is 0 Å². The molecule has 1 saturated heterocycles. The first-order valence-electron chi connectivity index (χ1n) is 17.4. The first kappa shape index (κ1) is 31.4. The zero-order valence-electron chi connectivity index (χ0n) is 27.0. The second-order valence-corrected chi connectivity index (χ2v) is 13.7. The third-order valence-electron chi connectivity index (χ3n) is 12.4. The highest BCUT2D eigenvalue weighted by molar-refractivity contribution is 5.13. The molecule has 5 aliphatic rings. The molecule has 1 aliphatic heterocycles. The van der Waals surface area contributed by atoms with Crippen LogP contribution in [0, 0.1) is 40.4 Å². The standard InChI is InChI=1S/C31H56N2.2C2H6/c1-6-17-32(18-7-2)24-13-11-23-12-14-25-27(31(23,5)22-24)15-16-30(4)26(8-3)29(21-28(25)30)33-19-9-10-20-33;2*1-2/h23-29H,6-22H2,1-5H3;2*1-2H3. The molecular formula is C35H68N2. The van der Waals surface area contributed by atoms with Gasteiger partial charge >= 0.3 is 0 Å². The highest BCUT2D eigenvalue weighted by Gasteiger charge is 2.62. The van der Waals surface area contributed by atoms with Crippen molar-refractivity contribution in [1.82, 2.24) is 9.80 Å². The van der Waals surface area contributed by atoms with Gasteiger partial charge in [-0.2, -0.15) is 0 Å². The fourth-order valence-electron chi connectivity index (χ4n) is 11.0. The lowest BCUT2D eigenvalue weighted by atomic mass is 9.44. The van der Waals surface area contributed by atoms with Gasteiger partial charge in [0.15, 0.2) is 0 Å². The molecule has 1 heterocycles. The summed E-state index contributed by atoms with van der Waals surface area (Å²) >= 11 is 0. The first-order valence-corrected chi connectivity index (χ1v) is 17.4. The van der Waals surface area contributed by atoms with Crippen LogP contribution in [0.2, 0.25) is 0 Å². The zero-order chi connectivity index (χ0) is 27.2. The monoisotopic (exact) mass is 517 g/mol. The third-order valence-corrected chi connectivity index (χ3v) is 12.4. The summed E-state index contributed by atoms with van der Waals surface area (Å²) < 4.78 is 0. The van der Waals surface area contributed by atoms with Crippen LogP contribution in [0.15, 0.2) is 0 Å². The number of hydrogen-bond acceptors (Lipinski definition) is 2. The molecule has 2 heteroatoms. The molecule has 37 heavy (non-hydrogen) atoms. The van der Waals surface area contributed by atoms with Crippen molar-refractivity contribution < 1.29 is 0 Å². The van der Waals surface area contributed by atoms with Gasteiger partial charge in [0.05, 0.1) is 0 Å². The van der Waals surface area contributed by atoms with Crippen molar-refractivity contribution in [3.8, 4) is 0 Å². The molecular weight excluding hydrogens is 448 g/mol. The van der Waals surface area contributed by atoms with E-state index < -0.39 is 0 Å². The first-order chi connectivity index (χ1) is 18.0. The maximum Gasteiger partial charge on any atom is 0.0132 e. The van der Waals surface area contributed by atoms with E-state index in [9.17, 15) is 0 Å². The summed E-state index contributed by atoms with van der Waals surface area (Å²) in [6.45, 7) is 26.3. The van der Waals surface area contributed by atoms with Crippen LogP contribution in [-0.2, 0) is 0 Å². The fraction of sp³-hybridized carbons (Fsp3) is 1.00. The van der Waals surface area contributed by atoms with Crippen LogP contribution in [-0.4, -0.2) is 48.1 Å². The Hall–Kier alpha value is -0.0800. The average Bonchev–Trinajstić information content (AvgIpc) is 3.56. The van der Waals surface area contributed by atoms with E-state index in [1.807, 2.05) is 27.7 Å². The quantitative estimate of drug-likeness (QED) is 0.332. The Kier molecular flexibility index (Phi) is 11.9. The predicted molar refractivity (Wildman–Crippen MR) is 164 cm³/mol. The molecule has 0 radical (unpaired) electrons. The van der Waals surface area contributed by atoms with Gasteiger partial charge in [0.2, 0.25) is 0 Å². The lowest BCUT2D eigenvalue weighted by Crippen LogP contribution is -2.56. The van der Waals surface area contributed by atoms with Crippen molar-refractivity contribution in [3.05, 3.63) is 0 Å². The third kappa shape index (κ3) is 5.87. The van der Waals surface area contributed by atoms with Gasteiger partial charge in [0, 0.05) is 12.1 Å². The molecule has 9 atom stereocenters. The molecule has 2 nitrogen and oxygen atoms in total. The van der Waals surface area contributed by atoms with E-state index in [0.29, 0.717) is 10.8 Å². The minimum Gasteiger partial charge on any atom is -0.300 e. The molecule has 218 valence electrons. The van der Waals surface area contributed by atoms with E-state index in [0.717, 1.165) is 41.7 Å². The molecule has 5 rings (SSSR count). The number of nitrogens with zero attached hydrogens (tertiary/aromatic N) is 2. The van der Waals surface area contributed by atoms with Gasteiger partial charge < -0.3 is 9.80 Å². The van der Waals surface area contributed by atoms with Gasteiger partial charge in [-0.15, -0.1) is 0 Å². The SMILES string of the molecule is CC.CC.CCCN(CCC)C1CCC2CCC3C(CCC4(C)C3CC(N3CCCC3)C4CC)C2(C)C1. The van der Waals surface area contributed by atoms with Crippen LogP contribution in [0.1, 0.15) is 146 Å². The van der Waals surface area contributed by atoms with E-state index >= 15 is 0 Å². The molecule has 9 unspecified atom stereocenters. The second-order valence-electron chi connectivity index (χ2n) is 13.7. The van der Waals surface area contributed by atoms with Crippen molar-refractivity contribution in [3.63, 3.8) is 0 Å². The van der Waals surface area contributed by atoms with E-state index in [1.54, 1.807) is 19.3 Å². The lowest BCUT2D eigenvalue weighted by molar-refractivity contribution is -0.124. The van der Waals surface area contributed by atoms with Gasteiger partial charge in [-0.05, 0) is 144 Å². The van der Waals surface area contributed by atoms with E-state index in [2.05, 4.69) is 44.4 Å². The van der Waals surface area contributed by atoms with Crippen LogP contribution < -0.4 is 0 Å². The van der Waals surface area contributed by atoms with Crippen molar-refractivity contribution in [2.45, 2.75) is 158 Å². The summed E-state index contributed by atoms with van der Waals surface area (Å²) in [4.78, 5) is 5.86. The van der Waals surface area contributed by atoms with Gasteiger partial charge in [-0.3, -0.25) is 0 Å². The van der Waals surface area contributed by atoms with E-state index in [4.69, 9.17) is 0 Å². The van der Waals surface area contributed by atoms with Crippen molar-refractivity contribution in [2.75, 3.05) is 26.2 Å². The summed E-state index contributed by atoms with van der Waals surface area (Å²) in [5, 5.41) is 0. The summed E-state index contributed by atoms with van der Waals surface area (Å²) in [5.41, 5.74) is 1.23. The Morgan fingerprint density at radius 2 is 1.38 bits per heavy atom. The van der Waals surface area contributed by atoms with Crippen LogP contribution >= 0.6 is 0 Å². The Labute approximate surface area is 234 Å². The molecule has 0 amide bonds. The molecule has 0 aromatic carbocycles. The number of hydrogen-bond donors (Lipinski definition) is 0. The summed E-state index contributed by atoms with van der Waals surface area (Å²) in [6, 6.07) is 1.77. The molecule has 0 N–H and O–H groups in total. The predicted octanol–water partition coefficient (Wildman–Crippen LogP) is 9.67. The molecule has 0 aromatic rings. The smallest absolute Gasteiger partial charge is 0.0132 e. The highest BCUT2D eigenvalue weighted by atomic mass is 15.2. The maximum absolute atomic E-state index is 2.95. The lowest BCUT2D eigenvalue weighted by Gasteiger charge is -2.62. The summed E-state index contributed by atoms with van der Waals surface area (Å²) in [5.74, 6) is 5.01. The maximum atomic E-state index is 2.95. The highest BCUT2D eigenvalue weighted by Crippen LogP contribution is 2.68. The molecule has 5 fully saturated rings. The van der Waals surface area contributed by atoms with Gasteiger partial charge in [0.1, 0.15) is 0 Å². The summed E-state index contributed by atoms with van der Waals surface area (Å²) in [7, 11) is 0. The minimum absolute atomic E-state index is 0.611. The number of rotatable bonds is 7.